The van der Waals surface area contributed by atoms with Crippen molar-refractivity contribution in [2.45, 2.75) is 12.5 Å². The van der Waals surface area contributed by atoms with Crippen molar-refractivity contribution in [2.75, 3.05) is 19.0 Å². The quantitative estimate of drug-likeness (QED) is 0.604. The molecule has 0 fully saturated rings. The number of rotatable bonds is 6. The minimum absolute atomic E-state index is 0.188. The number of nitrogens with two attached hydrogens (primary N) is 1. The number of nitrogens with zero attached hydrogens (tertiary/aromatic N) is 1. The second-order valence-corrected chi connectivity index (χ2v) is 3.92. The number of nitro benzene ring substituents is 1. The van der Waals surface area contributed by atoms with Gasteiger partial charge in [-0.15, -0.1) is 0 Å². The zero-order valence-electron chi connectivity index (χ0n) is 10.6. The monoisotopic (exact) mass is 289 g/mol. The van der Waals surface area contributed by atoms with Crippen LogP contribution in [0, 0.1) is 21.7 Å². The molecule has 9 heteroatoms. The van der Waals surface area contributed by atoms with Crippen LogP contribution in [-0.4, -0.2) is 30.6 Å². The fourth-order valence-corrected chi connectivity index (χ4v) is 1.37. The molecule has 1 amide bonds. The van der Waals surface area contributed by atoms with E-state index in [1.807, 2.05) is 0 Å². The molecule has 0 saturated carbocycles. The van der Waals surface area contributed by atoms with E-state index < -0.39 is 39.9 Å². The zero-order valence-corrected chi connectivity index (χ0v) is 10.6. The van der Waals surface area contributed by atoms with E-state index in [0.29, 0.717) is 12.1 Å². The minimum atomic E-state index is -1.32. The Balaban J connectivity index is 2.89. The molecule has 1 rings (SSSR count). The number of nitrogens with one attached hydrogen (secondary N) is 1. The predicted molar refractivity (Wildman–Crippen MR) is 66.1 cm³/mol. The summed E-state index contributed by atoms with van der Waals surface area (Å²) in [6.07, 6.45) is 0.188. The number of amides is 1. The number of hydrogen-bond acceptors (Lipinski definition) is 5. The molecule has 0 aliphatic carbocycles. The largest absolute Gasteiger partial charge is 0.385 e. The van der Waals surface area contributed by atoms with Crippen LogP contribution in [0.1, 0.15) is 6.42 Å². The number of anilines is 1. The standard InChI is InChI=1S/C11H13F2N3O4/c1-20-3-2-8(14)11(17)15-9-5-10(16(18)19)7(13)4-6(9)12/h4-5,8H,2-3,14H2,1H3,(H,15,17). The van der Waals surface area contributed by atoms with E-state index in [4.69, 9.17) is 10.5 Å². The van der Waals surface area contributed by atoms with Gasteiger partial charge in [0, 0.05) is 25.8 Å². The molecule has 0 radical (unpaired) electrons. The number of carbonyl (C=O) groups is 1. The van der Waals surface area contributed by atoms with Gasteiger partial charge in [0.05, 0.1) is 16.7 Å². The molecule has 0 aliphatic heterocycles. The molecule has 7 nitrogen and oxygen atoms in total. The molecule has 1 unspecified atom stereocenters. The van der Waals surface area contributed by atoms with Crippen LogP contribution in [0.3, 0.4) is 0 Å². The van der Waals surface area contributed by atoms with Gasteiger partial charge in [0.25, 0.3) is 0 Å². The van der Waals surface area contributed by atoms with Gasteiger partial charge in [0.15, 0.2) is 0 Å². The highest BCUT2D eigenvalue weighted by atomic mass is 19.1. The molecule has 0 aliphatic rings. The molecule has 1 aromatic carbocycles. The average Bonchev–Trinajstić information content (AvgIpc) is 2.38. The number of hydrogen-bond donors (Lipinski definition) is 2. The third-order valence-electron chi connectivity index (χ3n) is 2.46. The minimum Gasteiger partial charge on any atom is -0.385 e. The molecule has 1 atom stereocenters. The molecule has 110 valence electrons. The second-order valence-electron chi connectivity index (χ2n) is 3.92. The Hall–Kier alpha value is -2.13. The van der Waals surface area contributed by atoms with Crippen LogP contribution in [0.4, 0.5) is 20.2 Å². The average molecular weight is 289 g/mol. The lowest BCUT2D eigenvalue weighted by Gasteiger charge is -2.12. The number of carbonyl (C=O) groups excluding carboxylic acids is 1. The van der Waals surface area contributed by atoms with Gasteiger partial charge in [-0.05, 0) is 6.42 Å². The maximum Gasteiger partial charge on any atom is 0.307 e. The topological polar surface area (TPSA) is 107 Å². The Kier molecular flexibility index (Phi) is 5.47. The number of ether oxygens (including phenoxy) is 1. The Morgan fingerprint density at radius 2 is 2.15 bits per heavy atom. The molecule has 0 spiro atoms. The summed E-state index contributed by atoms with van der Waals surface area (Å²) in [5.41, 5.74) is 4.06. The first-order valence-electron chi connectivity index (χ1n) is 5.55. The third-order valence-corrected chi connectivity index (χ3v) is 2.46. The van der Waals surface area contributed by atoms with Gasteiger partial charge in [-0.3, -0.25) is 14.9 Å². The lowest BCUT2D eigenvalue weighted by atomic mass is 10.2. The Morgan fingerprint density at radius 3 is 2.70 bits per heavy atom. The number of methoxy groups -OCH3 is 1. The molecular formula is C11H13F2N3O4. The van der Waals surface area contributed by atoms with E-state index in [0.717, 1.165) is 0 Å². The Morgan fingerprint density at radius 1 is 1.50 bits per heavy atom. The predicted octanol–water partition coefficient (Wildman–Crippen LogP) is 1.18. The van der Waals surface area contributed by atoms with Crippen LogP contribution in [0.2, 0.25) is 0 Å². The first kappa shape index (κ1) is 15.9. The number of halogens is 2. The maximum atomic E-state index is 13.4. The summed E-state index contributed by atoms with van der Waals surface area (Å²) in [7, 11) is 1.42. The zero-order chi connectivity index (χ0) is 15.3. The van der Waals surface area contributed by atoms with Crippen molar-refractivity contribution in [2.24, 2.45) is 5.73 Å². The molecule has 0 saturated heterocycles. The van der Waals surface area contributed by atoms with Gasteiger partial charge >= 0.3 is 5.69 Å². The highest BCUT2D eigenvalue weighted by molar-refractivity contribution is 5.95. The van der Waals surface area contributed by atoms with Crippen molar-refractivity contribution in [1.82, 2.24) is 0 Å². The highest BCUT2D eigenvalue weighted by Crippen LogP contribution is 2.25. The van der Waals surface area contributed by atoms with Crippen LogP contribution < -0.4 is 11.1 Å². The number of nitro groups is 1. The highest BCUT2D eigenvalue weighted by Gasteiger charge is 2.21. The second kappa shape index (κ2) is 6.87. The molecule has 3 N–H and O–H groups in total. The molecule has 1 aromatic rings. The molecule has 0 heterocycles. The van der Waals surface area contributed by atoms with Gasteiger partial charge in [-0.1, -0.05) is 0 Å². The van der Waals surface area contributed by atoms with E-state index >= 15 is 0 Å². The van der Waals surface area contributed by atoms with Gasteiger partial charge in [0.1, 0.15) is 5.82 Å². The van der Waals surface area contributed by atoms with E-state index in [9.17, 15) is 23.7 Å². The Labute approximate surface area is 112 Å². The van der Waals surface area contributed by atoms with Crippen molar-refractivity contribution in [1.29, 1.82) is 0 Å². The van der Waals surface area contributed by atoms with Gasteiger partial charge < -0.3 is 15.8 Å². The first-order chi connectivity index (χ1) is 9.36. The Bertz CT molecular complexity index is 525. The lowest BCUT2D eigenvalue weighted by molar-refractivity contribution is -0.387. The summed E-state index contributed by atoms with van der Waals surface area (Å²) in [5.74, 6) is -3.20. The fourth-order valence-electron chi connectivity index (χ4n) is 1.37. The van der Waals surface area contributed by atoms with Crippen molar-refractivity contribution < 1.29 is 23.2 Å². The third kappa shape index (κ3) is 3.93. The van der Waals surface area contributed by atoms with Crippen molar-refractivity contribution >= 4 is 17.3 Å². The van der Waals surface area contributed by atoms with Crippen molar-refractivity contribution in [3.63, 3.8) is 0 Å². The van der Waals surface area contributed by atoms with Crippen molar-refractivity contribution in [3.05, 3.63) is 33.9 Å². The summed E-state index contributed by atoms with van der Waals surface area (Å²) < 4.78 is 31.3. The SMILES string of the molecule is COCCC(N)C(=O)Nc1cc([N+](=O)[O-])c(F)cc1F. The van der Waals surface area contributed by atoms with E-state index in [2.05, 4.69) is 5.32 Å². The van der Waals surface area contributed by atoms with E-state index in [1.54, 1.807) is 0 Å². The summed E-state index contributed by atoms with van der Waals surface area (Å²) in [6.45, 7) is 0.223. The van der Waals surface area contributed by atoms with Crippen LogP contribution in [0.25, 0.3) is 0 Å². The lowest BCUT2D eigenvalue weighted by Crippen LogP contribution is -2.36. The summed E-state index contributed by atoms with van der Waals surface area (Å²) in [5, 5.41) is 12.6. The first-order valence-corrected chi connectivity index (χ1v) is 5.55. The van der Waals surface area contributed by atoms with Crippen LogP contribution in [-0.2, 0) is 9.53 Å². The molecule has 0 aromatic heterocycles. The van der Waals surface area contributed by atoms with Gasteiger partial charge in [0.2, 0.25) is 11.7 Å². The van der Waals surface area contributed by atoms with E-state index in [-0.39, 0.29) is 13.0 Å². The maximum absolute atomic E-state index is 13.4. The molecule has 0 bridgehead atoms. The van der Waals surface area contributed by atoms with Crippen molar-refractivity contribution in [3.8, 4) is 0 Å². The summed E-state index contributed by atoms with van der Waals surface area (Å²) in [6, 6.07) is -0.0431. The van der Waals surface area contributed by atoms with Gasteiger partial charge in [-0.25, -0.2) is 4.39 Å². The smallest absolute Gasteiger partial charge is 0.307 e. The fraction of sp³-hybridized carbons (Fsp3) is 0.364. The molecular weight excluding hydrogens is 276 g/mol. The van der Waals surface area contributed by atoms with Gasteiger partial charge in [-0.2, -0.15) is 4.39 Å². The molecule has 20 heavy (non-hydrogen) atoms. The normalized spacial score (nSPS) is 12.0. The number of benzene rings is 1. The van der Waals surface area contributed by atoms with Crippen LogP contribution in [0.5, 0.6) is 0 Å². The van der Waals surface area contributed by atoms with Crippen LogP contribution >= 0.6 is 0 Å². The van der Waals surface area contributed by atoms with Crippen LogP contribution in [0.15, 0.2) is 12.1 Å². The van der Waals surface area contributed by atoms with E-state index in [1.165, 1.54) is 7.11 Å². The summed E-state index contributed by atoms with van der Waals surface area (Å²) >= 11 is 0. The summed E-state index contributed by atoms with van der Waals surface area (Å²) in [4.78, 5) is 21.1.